The molecule has 0 fully saturated rings. The number of benzene rings is 1. The van der Waals surface area contributed by atoms with Crippen molar-refractivity contribution in [3.8, 4) is 0 Å². The molecule has 1 aromatic carbocycles. The molecule has 3 aromatic rings. The number of fused-ring (bicyclic) bond motifs is 2. The molecule has 3 heterocycles. The molecule has 0 bridgehead atoms. The van der Waals surface area contributed by atoms with E-state index in [1.807, 2.05) is 6.20 Å². The van der Waals surface area contributed by atoms with E-state index in [0.717, 1.165) is 35.3 Å². The van der Waals surface area contributed by atoms with Crippen molar-refractivity contribution < 1.29 is 4.79 Å². The molecule has 5 heteroatoms. The predicted octanol–water partition coefficient (Wildman–Crippen LogP) is 3.64. The van der Waals surface area contributed by atoms with Gasteiger partial charge in [0.2, 0.25) is 0 Å². The number of anilines is 2. The molecular weight excluding hydrogens is 306 g/mol. The van der Waals surface area contributed by atoms with Crippen LogP contribution in [0.3, 0.4) is 0 Å². The van der Waals surface area contributed by atoms with Gasteiger partial charge in [-0.2, -0.15) is 0 Å². The van der Waals surface area contributed by atoms with Crippen molar-refractivity contribution in [3.05, 3.63) is 52.7 Å². The number of thiophene rings is 1. The largest absolute Gasteiger partial charge is 0.397 e. The summed E-state index contributed by atoms with van der Waals surface area (Å²) in [5.74, 6) is 0.0126. The number of nitrogens with two attached hydrogens (primary N) is 1. The molecule has 0 saturated carbocycles. The number of carbonyl (C=O) groups excluding carboxylic acids is 1. The first-order chi connectivity index (χ1) is 11.1. The van der Waals surface area contributed by atoms with Gasteiger partial charge in [0.15, 0.2) is 5.78 Å². The lowest BCUT2D eigenvalue weighted by molar-refractivity contribution is 0.102. The number of carbonyl (C=O) groups is 1. The first-order valence-electron chi connectivity index (χ1n) is 7.64. The first kappa shape index (κ1) is 14.2. The maximum atomic E-state index is 11.8. The van der Waals surface area contributed by atoms with Crippen LogP contribution in [0.1, 0.15) is 27.7 Å². The van der Waals surface area contributed by atoms with Gasteiger partial charge in [-0.05, 0) is 17.5 Å². The fraction of sp³-hybridized carbons (Fsp3) is 0.222. The van der Waals surface area contributed by atoms with Gasteiger partial charge in [0, 0.05) is 31.6 Å². The van der Waals surface area contributed by atoms with Crippen molar-refractivity contribution in [3.63, 3.8) is 0 Å². The fourth-order valence-corrected chi connectivity index (χ4v) is 4.27. The molecule has 0 aliphatic carbocycles. The smallest absolute Gasteiger partial charge is 0.171 e. The Balaban J connectivity index is 1.82. The van der Waals surface area contributed by atoms with Crippen LogP contribution in [-0.4, -0.2) is 17.3 Å². The Bertz CT molecular complexity index is 916. The van der Waals surface area contributed by atoms with E-state index < -0.39 is 0 Å². The van der Waals surface area contributed by atoms with E-state index in [4.69, 9.17) is 5.73 Å². The molecule has 2 aromatic heterocycles. The summed E-state index contributed by atoms with van der Waals surface area (Å²) in [6.45, 7) is 3.34. The minimum Gasteiger partial charge on any atom is -0.397 e. The van der Waals surface area contributed by atoms with Gasteiger partial charge < -0.3 is 10.6 Å². The highest BCUT2D eigenvalue weighted by atomic mass is 32.1. The minimum absolute atomic E-state index is 0.0126. The van der Waals surface area contributed by atoms with E-state index >= 15 is 0 Å². The summed E-state index contributed by atoms with van der Waals surface area (Å²) in [5.41, 5.74) is 10.6. The Kier molecular flexibility index (Phi) is 3.31. The highest BCUT2D eigenvalue weighted by molar-refractivity contribution is 7.21. The summed E-state index contributed by atoms with van der Waals surface area (Å²) >= 11 is 1.43. The first-order valence-corrected chi connectivity index (χ1v) is 8.45. The second kappa shape index (κ2) is 5.35. The number of nitrogen functional groups attached to an aromatic ring is 1. The van der Waals surface area contributed by atoms with Gasteiger partial charge in [0.05, 0.1) is 27.1 Å². The molecule has 0 spiro atoms. The third-order valence-electron chi connectivity index (χ3n) is 4.41. The van der Waals surface area contributed by atoms with Crippen molar-refractivity contribution in [2.75, 3.05) is 17.2 Å². The second-order valence-electron chi connectivity index (χ2n) is 5.87. The van der Waals surface area contributed by atoms with E-state index in [9.17, 15) is 4.79 Å². The highest BCUT2D eigenvalue weighted by Crippen LogP contribution is 2.40. The number of nitrogens with zero attached hydrogens (tertiary/aromatic N) is 2. The topological polar surface area (TPSA) is 59.2 Å². The van der Waals surface area contributed by atoms with Gasteiger partial charge in [-0.15, -0.1) is 11.3 Å². The molecule has 1 aliphatic heterocycles. The van der Waals surface area contributed by atoms with Gasteiger partial charge >= 0.3 is 0 Å². The zero-order valence-corrected chi connectivity index (χ0v) is 13.7. The summed E-state index contributed by atoms with van der Waals surface area (Å²) in [6, 6.07) is 8.53. The Morgan fingerprint density at radius 2 is 2.04 bits per heavy atom. The molecule has 0 radical (unpaired) electrons. The van der Waals surface area contributed by atoms with Crippen LogP contribution in [0.2, 0.25) is 0 Å². The average Bonchev–Trinajstić information content (AvgIpc) is 2.92. The molecule has 2 N–H and O–H groups in total. The molecule has 4 nitrogen and oxygen atoms in total. The minimum atomic E-state index is 0.0126. The van der Waals surface area contributed by atoms with Crippen LogP contribution < -0.4 is 10.6 Å². The Morgan fingerprint density at radius 3 is 2.83 bits per heavy atom. The molecular formula is C18H17N3OS. The van der Waals surface area contributed by atoms with Gasteiger partial charge in [0.25, 0.3) is 0 Å². The summed E-state index contributed by atoms with van der Waals surface area (Å²) in [7, 11) is 0. The van der Waals surface area contributed by atoms with Crippen molar-refractivity contribution in [1.82, 2.24) is 4.98 Å². The Hall–Kier alpha value is -2.40. The van der Waals surface area contributed by atoms with Crippen molar-refractivity contribution in [2.24, 2.45) is 0 Å². The van der Waals surface area contributed by atoms with Gasteiger partial charge in [0.1, 0.15) is 0 Å². The van der Waals surface area contributed by atoms with Crippen LogP contribution >= 0.6 is 11.3 Å². The number of ketones is 1. The van der Waals surface area contributed by atoms with Crippen LogP contribution in [0, 0.1) is 0 Å². The van der Waals surface area contributed by atoms with E-state index in [2.05, 4.69) is 34.1 Å². The number of aromatic nitrogens is 1. The molecule has 4 rings (SSSR count). The maximum absolute atomic E-state index is 11.8. The SMILES string of the molecule is CC(=O)c1sc2cncc(N3CCc4ccccc4C3)c2c1N. The second-order valence-corrected chi connectivity index (χ2v) is 6.93. The lowest BCUT2D eigenvalue weighted by Gasteiger charge is -2.31. The fourth-order valence-electron chi connectivity index (χ4n) is 3.26. The third kappa shape index (κ3) is 2.28. The van der Waals surface area contributed by atoms with Crippen molar-refractivity contribution >= 4 is 38.6 Å². The Labute approximate surface area is 138 Å². The molecule has 116 valence electrons. The lowest BCUT2D eigenvalue weighted by atomic mass is 9.99. The van der Waals surface area contributed by atoms with Crippen molar-refractivity contribution in [2.45, 2.75) is 19.9 Å². The predicted molar refractivity (Wildman–Crippen MR) is 95.2 cm³/mol. The van der Waals surface area contributed by atoms with Crippen LogP contribution in [0.15, 0.2) is 36.7 Å². The van der Waals surface area contributed by atoms with Crippen LogP contribution in [0.4, 0.5) is 11.4 Å². The Morgan fingerprint density at radius 1 is 1.26 bits per heavy atom. The number of pyridine rings is 1. The number of hydrogen-bond acceptors (Lipinski definition) is 5. The normalized spacial score (nSPS) is 14.0. The van der Waals surface area contributed by atoms with Crippen LogP contribution in [-0.2, 0) is 13.0 Å². The maximum Gasteiger partial charge on any atom is 0.171 e. The summed E-state index contributed by atoms with van der Waals surface area (Å²) in [6.07, 6.45) is 4.67. The number of Topliss-reactive ketones (excluding diaryl/α,β-unsaturated/α-hetero) is 1. The summed E-state index contributed by atoms with van der Waals surface area (Å²) in [5, 5.41) is 0.967. The van der Waals surface area contributed by atoms with E-state index in [0.29, 0.717) is 10.6 Å². The van der Waals surface area contributed by atoms with Gasteiger partial charge in [-0.1, -0.05) is 24.3 Å². The lowest BCUT2D eigenvalue weighted by Crippen LogP contribution is -2.30. The van der Waals surface area contributed by atoms with Gasteiger partial charge in [-0.3, -0.25) is 9.78 Å². The number of hydrogen-bond donors (Lipinski definition) is 1. The van der Waals surface area contributed by atoms with Crippen LogP contribution in [0.5, 0.6) is 0 Å². The standard InChI is InChI=1S/C18H17N3OS/c1-11(22)18-17(19)16-14(8-20-9-15(16)23-18)21-7-6-12-4-2-3-5-13(12)10-21/h2-5,8-9H,6-7,10,19H2,1H3. The highest BCUT2D eigenvalue weighted by Gasteiger charge is 2.22. The van der Waals surface area contributed by atoms with Crippen molar-refractivity contribution in [1.29, 1.82) is 0 Å². The third-order valence-corrected chi connectivity index (χ3v) is 5.65. The molecule has 23 heavy (non-hydrogen) atoms. The monoisotopic (exact) mass is 323 g/mol. The molecule has 0 amide bonds. The van der Waals surface area contributed by atoms with E-state index in [-0.39, 0.29) is 5.78 Å². The quantitative estimate of drug-likeness (QED) is 0.731. The zero-order chi connectivity index (χ0) is 16.0. The zero-order valence-electron chi connectivity index (χ0n) is 12.9. The van der Waals surface area contributed by atoms with Gasteiger partial charge in [-0.25, -0.2) is 0 Å². The molecule has 0 atom stereocenters. The van der Waals surface area contributed by atoms with E-state index in [1.54, 1.807) is 13.1 Å². The van der Waals surface area contributed by atoms with Crippen LogP contribution in [0.25, 0.3) is 10.1 Å². The molecule has 0 saturated heterocycles. The molecule has 1 aliphatic rings. The molecule has 0 unspecified atom stereocenters. The average molecular weight is 323 g/mol. The van der Waals surface area contributed by atoms with E-state index in [1.165, 1.54) is 22.5 Å². The summed E-state index contributed by atoms with van der Waals surface area (Å²) < 4.78 is 0.976. The summed E-state index contributed by atoms with van der Waals surface area (Å²) in [4.78, 5) is 19.1. The number of rotatable bonds is 2.